The van der Waals surface area contributed by atoms with Gasteiger partial charge in [-0.2, -0.15) is 18.3 Å². The highest BCUT2D eigenvalue weighted by Gasteiger charge is 2.33. The van der Waals surface area contributed by atoms with Crippen LogP contribution in [0, 0.1) is 0 Å². The van der Waals surface area contributed by atoms with Crippen molar-refractivity contribution in [2.45, 2.75) is 19.6 Å². The van der Waals surface area contributed by atoms with Gasteiger partial charge in [-0.1, -0.05) is 6.07 Å². The van der Waals surface area contributed by atoms with Crippen molar-refractivity contribution < 1.29 is 27.5 Å². The van der Waals surface area contributed by atoms with Gasteiger partial charge in [-0.15, -0.1) is 0 Å². The summed E-state index contributed by atoms with van der Waals surface area (Å²) in [6.45, 7) is 3.14. The van der Waals surface area contributed by atoms with Crippen LogP contribution in [0.25, 0.3) is 10.9 Å². The number of fused-ring (bicyclic) bond motifs is 1. The number of benzene rings is 1. The lowest BCUT2D eigenvalue weighted by Crippen LogP contribution is -2.33. The SMILES string of the molecule is CCOc1cc2nn(CC(=O)NCCNC)cc2cc1NC(=O)c1cccc(C(F)(F)F)n1. The van der Waals surface area contributed by atoms with Gasteiger partial charge in [-0.25, -0.2) is 4.98 Å². The van der Waals surface area contributed by atoms with Crippen LogP contribution >= 0.6 is 0 Å². The van der Waals surface area contributed by atoms with Gasteiger partial charge in [0.15, 0.2) is 0 Å². The molecule has 0 fully saturated rings. The van der Waals surface area contributed by atoms with Crippen molar-refractivity contribution in [2.24, 2.45) is 0 Å². The minimum absolute atomic E-state index is 0.00178. The van der Waals surface area contributed by atoms with Crippen LogP contribution in [0.5, 0.6) is 5.75 Å². The first-order valence-corrected chi connectivity index (χ1v) is 10.1. The highest BCUT2D eigenvalue weighted by molar-refractivity contribution is 6.05. The second-order valence-corrected chi connectivity index (χ2v) is 6.98. The molecule has 2 aromatic heterocycles. The molecule has 0 radical (unpaired) electrons. The van der Waals surface area contributed by atoms with Crippen molar-refractivity contribution in [3.63, 3.8) is 0 Å². The predicted octanol–water partition coefficient (Wildman–Crippen LogP) is 2.44. The first-order chi connectivity index (χ1) is 15.7. The molecule has 0 bridgehead atoms. The summed E-state index contributed by atoms with van der Waals surface area (Å²) in [6, 6.07) is 6.26. The molecule has 0 atom stereocenters. The number of carbonyl (C=O) groups excluding carboxylic acids is 2. The van der Waals surface area contributed by atoms with Crippen LogP contribution in [-0.2, 0) is 17.5 Å². The average Bonchev–Trinajstić information content (AvgIpc) is 3.14. The van der Waals surface area contributed by atoms with Crippen LogP contribution in [0.2, 0.25) is 0 Å². The summed E-state index contributed by atoms with van der Waals surface area (Å²) in [7, 11) is 1.78. The van der Waals surface area contributed by atoms with Crippen LogP contribution in [0.15, 0.2) is 36.5 Å². The molecule has 0 saturated carbocycles. The van der Waals surface area contributed by atoms with Crippen LogP contribution in [0.3, 0.4) is 0 Å². The molecule has 33 heavy (non-hydrogen) atoms. The predicted molar refractivity (Wildman–Crippen MR) is 115 cm³/mol. The minimum atomic E-state index is -4.67. The third-order valence-corrected chi connectivity index (χ3v) is 4.48. The van der Waals surface area contributed by atoms with Crippen molar-refractivity contribution in [2.75, 3.05) is 32.1 Å². The molecule has 2 amide bonds. The Hall–Kier alpha value is -3.67. The lowest BCUT2D eigenvalue weighted by atomic mass is 10.2. The number of alkyl halides is 3. The van der Waals surface area contributed by atoms with E-state index in [0.717, 1.165) is 12.1 Å². The van der Waals surface area contributed by atoms with Gasteiger partial charge in [0, 0.05) is 30.7 Å². The number of halogens is 3. The Morgan fingerprint density at radius 2 is 1.97 bits per heavy atom. The van der Waals surface area contributed by atoms with Crippen molar-refractivity contribution in [1.82, 2.24) is 25.4 Å². The molecule has 2 heterocycles. The molecule has 1 aromatic carbocycles. The number of ether oxygens (including phenoxy) is 1. The second kappa shape index (κ2) is 10.3. The maximum atomic E-state index is 12.9. The number of carbonyl (C=O) groups is 2. The summed E-state index contributed by atoms with van der Waals surface area (Å²) in [6.07, 6.45) is -3.04. The quantitative estimate of drug-likeness (QED) is 0.420. The van der Waals surface area contributed by atoms with E-state index < -0.39 is 17.8 Å². The van der Waals surface area contributed by atoms with Crippen molar-refractivity contribution in [1.29, 1.82) is 0 Å². The number of hydrogen-bond donors (Lipinski definition) is 3. The van der Waals surface area contributed by atoms with Gasteiger partial charge in [0.2, 0.25) is 5.91 Å². The number of rotatable bonds is 9. The second-order valence-electron chi connectivity index (χ2n) is 6.98. The van der Waals surface area contributed by atoms with E-state index in [-0.39, 0.29) is 36.2 Å². The number of amides is 2. The van der Waals surface area contributed by atoms with E-state index in [2.05, 4.69) is 26.0 Å². The Morgan fingerprint density at radius 1 is 1.18 bits per heavy atom. The minimum Gasteiger partial charge on any atom is -0.492 e. The molecule has 0 aliphatic carbocycles. The van der Waals surface area contributed by atoms with Crippen LogP contribution < -0.4 is 20.7 Å². The molecule has 0 aliphatic rings. The van der Waals surface area contributed by atoms with Crippen molar-refractivity contribution >= 4 is 28.4 Å². The zero-order chi connectivity index (χ0) is 24.0. The Bertz CT molecular complexity index is 1150. The van der Waals surface area contributed by atoms with E-state index in [1.807, 2.05) is 0 Å². The maximum absolute atomic E-state index is 12.9. The first-order valence-electron chi connectivity index (χ1n) is 10.1. The number of anilines is 1. The summed E-state index contributed by atoms with van der Waals surface area (Å²) in [5, 5.41) is 13.2. The topological polar surface area (TPSA) is 110 Å². The molecule has 9 nitrogen and oxygen atoms in total. The fraction of sp³-hybridized carbons (Fsp3) is 0.333. The first kappa shape index (κ1) is 24.0. The molecule has 3 N–H and O–H groups in total. The molecule has 0 unspecified atom stereocenters. The monoisotopic (exact) mass is 464 g/mol. The average molecular weight is 464 g/mol. The third-order valence-electron chi connectivity index (χ3n) is 4.48. The van der Waals surface area contributed by atoms with Gasteiger partial charge >= 0.3 is 6.18 Å². The third kappa shape index (κ3) is 6.19. The van der Waals surface area contributed by atoms with Gasteiger partial charge in [0.05, 0.1) is 17.8 Å². The number of nitrogens with one attached hydrogen (secondary N) is 3. The highest BCUT2D eigenvalue weighted by Crippen LogP contribution is 2.31. The summed E-state index contributed by atoms with van der Waals surface area (Å²) in [5.74, 6) is -0.751. The number of aromatic nitrogens is 3. The largest absolute Gasteiger partial charge is 0.492 e. The molecule has 0 saturated heterocycles. The van der Waals surface area contributed by atoms with Crippen LogP contribution in [-0.4, -0.2) is 53.3 Å². The van der Waals surface area contributed by atoms with Gasteiger partial charge in [0.1, 0.15) is 23.7 Å². The van der Waals surface area contributed by atoms with E-state index >= 15 is 0 Å². The van der Waals surface area contributed by atoms with E-state index in [0.29, 0.717) is 24.0 Å². The summed E-state index contributed by atoms with van der Waals surface area (Å²) in [5.41, 5.74) is -0.783. The lowest BCUT2D eigenvalue weighted by Gasteiger charge is -2.12. The molecule has 0 spiro atoms. The Labute approximate surface area is 187 Å². The van der Waals surface area contributed by atoms with Gasteiger partial charge in [0.25, 0.3) is 5.91 Å². The Balaban J connectivity index is 1.83. The summed E-state index contributed by atoms with van der Waals surface area (Å²) < 4.78 is 45.8. The van der Waals surface area contributed by atoms with Gasteiger partial charge < -0.3 is 20.7 Å². The molecule has 12 heteroatoms. The molecule has 176 valence electrons. The molecule has 0 aliphatic heterocycles. The van der Waals surface area contributed by atoms with E-state index in [1.54, 1.807) is 32.3 Å². The summed E-state index contributed by atoms with van der Waals surface area (Å²) in [4.78, 5) is 28.0. The zero-order valence-electron chi connectivity index (χ0n) is 18.0. The standard InChI is InChI=1S/C21H23F3N6O3/c1-3-33-17-10-15-13(11-30(29-15)12-19(31)26-8-7-25-2)9-16(17)28-20(32)14-5-4-6-18(27-14)21(22,23)24/h4-6,9-11,25H,3,7-8,12H2,1-2H3,(H,26,31)(H,28,32). The normalized spacial score (nSPS) is 11.4. The van der Waals surface area contributed by atoms with Crippen LogP contribution in [0.4, 0.5) is 18.9 Å². The van der Waals surface area contributed by atoms with E-state index in [1.165, 1.54) is 10.7 Å². The Kier molecular flexibility index (Phi) is 7.48. The molecule has 3 rings (SSSR count). The lowest BCUT2D eigenvalue weighted by molar-refractivity contribution is -0.141. The van der Waals surface area contributed by atoms with Crippen molar-refractivity contribution in [3.8, 4) is 5.75 Å². The molecule has 3 aromatic rings. The fourth-order valence-corrected chi connectivity index (χ4v) is 2.99. The highest BCUT2D eigenvalue weighted by atomic mass is 19.4. The Morgan fingerprint density at radius 3 is 2.67 bits per heavy atom. The number of pyridine rings is 1. The van der Waals surface area contributed by atoms with Crippen LogP contribution in [0.1, 0.15) is 23.1 Å². The molecular formula is C21H23F3N6O3. The van der Waals surface area contributed by atoms with Gasteiger partial charge in [-0.3, -0.25) is 14.3 Å². The van der Waals surface area contributed by atoms with E-state index in [4.69, 9.17) is 4.74 Å². The number of likely N-dealkylation sites (N-methyl/N-ethyl adjacent to an activating group) is 1. The van der Waals surface area contributed by atoms with Gasteiger partial charge in [-0.05, 0) is 32.2 Å². The van der Waals surface area contributed by atoms with Crippen molar-refractivity contribution in [3.05, 3.63) is 47.9 Å². The summed E-state index contributed by atoms with van der Waals surface area (Å²) >= 11 is 0. The maximum Gasteiger partial charge on any atom is 0.433 e. The fourth-order valence-electron chi connectivity index (χ4n) is 2.99. The van der Waals surface area contributed by atoms with E-state index in [9.17, 15) is 22.8 Å². The number of hydrogen-bond acceptors (Lipinski definition) is 6. The molecular weight excluding hydrogens is 441 g/mol. The number of nitrogens with zero attached hydrogens (tertiary/aromatic N) is 3. The smallest absolute Gasteiger partial charge is 0.433 e. The zero-order valence-corrected chi connectivity index (χ0v) is 18.0.